The van der Waals surface area contributed by atoms with E-state index in [1.54, 1.807) is 0 Å². The summed E-state index contributed by atoms with van der Waals surface area (Å²) in [6.07, 6.45) is 1.38. The lowest BCUT2D eigenvalue weighted by molar-refractivity contribution is 0.102. The van der Waals surface area contributed by atoms with E-state index in [2.05, 4.69) is 26.7 Å². The van der Waals surface area contributed by atoms with Crippen LogP contribution in [-0.2, 0) is 0 Å². The molecule has 2 rings (SSSR count). The van der Waals surface area contributed by atoms with Gasteiger partial charge in [-0.1, -0.05) is 16.3 Å². The van der Waals surface area contributed by atoms with Crippen molar-refractivity contribution in [2.75, 3.05) is 11.9 Å². The molecule has 1 amide bonds. The van der Waals surface area contributed by atoms with Crippen molar-refractivity contribution in [3.63, 3.8) is 0 Å². The van der Waals surface area contributed by atoms with E-state index in [0.717, 1.165) is 17.6 Å². The second-order valence-electron chi connectivity index (χ2n) is 3.39. The maximum Gasteiger partial charge on any atom is 0.259 e. The Morgan fingerprint density at radius 1 is 1.53 bits per heavy atom. The Hall–Kier alpha value is -2.30. The van der Waals surface area contributed by atoms with Gasteiger partial charge in [-0.25, -0.2) is 4.39 Å². The number of nitrogens with one attached hydrogen (secondary N) is 1. The molecule has 0 aliphatic rings. The number of nitrogens with zero attached hydrogens (tertiary/aromatic N) is 2. The fourth-order valence-corrected chi connectivity index (χ4v) is 1.73. The smallest absolute Gasteiger partial charge is 0.259 e. The van der Waals surface area contributed by atoms with Crippen molar-refractivity contribution in [1.29, 1.82) is 0 Å². The molecule has 2 N–H and O–H groups in total. The first-order valence-corrected chi connectivity index (χ1v) is 5.96. The van der Waals surface area contributed by atoms with Crippen LogP contribution in [0, 0.1) is 17.7 Å². The van der Waals surface area contributed by atoms with Crippen LogP contribution >= 0.6 is 11.5 Å². The van der Waals surface area contributed by atoms with E-state index < -0.39 is 11.7 Å². The maximum atomic E-state index is 13.7. The van der Waals surface area contributed by atoms with Gasteiger partial charge in [0, 0.05) is 17.1 Å². The summed E-state index contributed by atoms with van der Waals surface area (Å²) in [5.74, 6) is 3.70. The van der Waals surface area contributed by atoms with Gasteiger partial charge in [-0.15, -0.1) is 5.10 Å². The topological polar surface area (TPSA) is 75.1 Å². The molecule has 0 bridgehead atoms. The van der Waals surface area contributed by atoms with Crippen LogP contribution in [0.1, 0.15) is 15.9 Å². The molecule has 1 aromatic carbocycles. The predicted molar refractivity (Wildman–Crippen MR) is 68.2 cm³/mol. The molecule has 2 aromatic rings. The molecule has 0 saturated carbocycles. The molecule has 0 atom stereocenters. The quantitative estimate of drug-likeness (QED) is 0.811. The molecule has 1 aromatic heterocycles. The Labute approximate surface area is 112 Å². The van der Waals surface area contributed by atoms with Gasteiger partial charge in [0.25, 0.3) is 5.91 Å². The van der Waals surface area contributed by atoms with Gasteiger partial charge in [0.15, 0.2) is 0 Å². The van der Waals surface area contributed by atoms with Gasteiger partial charge in [-0.05, 0) is 18.2 Å². The molecule has 19 heavy (non-hydrogen) atoms. The number of rotatable bonds is 2. The summed E-state index contributed by atoms with van der Waals surface area (Å²) < 4.78 is 17.3. The Kier molecular flexibility index (Phi) is 4.18. The molecule has 0 saturated heterocycles. The van der Waals surface area contributed by atoms with Gasteiger partial charge in [0.1, 0.15) is 17.4 Å². The van der Waals surface area contributed by atoms with Gasteiger partial charge in [-0.2, -0.15) is 0 Å². The van der Waals surface area contributed by atoms with Gasteiger partial charge < -0.3 is 10.4 Å². The SMILES string of the molecule is O=C(Nc1cnns1)c1ccc(C#CCO)cc1F. The highest BCUT2D eigenvalue weighted by Crippen LogP contribution is 2.14. The second kappa shape index (κ2) is 6.04. The van der Waals surface area contributed by atoms with E-state index in [0.29, 0.717) is 10.6 Å². The lowest BCUT2D eigenvalue weighted by Gasteiger charge is -2.03. The molecular formula is C12H8FN3O2S. The predicted octanol–water partition coefficient (Wildman–Crippen LogP) is 1.27. The van der Waals surface area contributed by atoms with Crippen molar-refractivity contribution in [3.05, 3.63) is 41.3 Å². The van der Waals surface area contributed by atoms with Gasteiger partial charge in [-0.3, -0.25) is 4.79 Å². The van der Waals surface area contributed by atoms with E-state index in [9.17, 15) is 9.18 Å². The second-order valence-corrected chi connectivity index (χ2v) is 4.18. The molecule has 0 fully saturated rings. The average Bonchev–Trinajstić information content (AvgIpc) is 2.89. The third-order valence-electron chi connectivity index (χ3n) is 2.12. The summed E-state index contributed by atoms with van der Waals surface area (Å²) in [6.45, 7) is -0.303. The number of hydrogen-bond acceptors (Lipinski definition) is 5. The molecule has 1 heterocycles. The van der Waals surface area contributed by atoms with Crippen molar-refractivity contribution in [2.45, 2.75) is 0 Å². The van der Waals surface area contributed by atoms with Crippen LogP contribution < -0.4 is 5.32 Å². The highest BCUT2D eigenvalue weighted by atomic mass is 32.1. The van der Waals surface area contributed by atoms with Crippen LogP contribution in [0.4, 0.5) is 9.39 Å². The molecular weight excluding hydrogens is 269 g/mol. The number of amides is 1. The average molecular weight is 277 g/mol. The largest absolute Gasteiger partial charge is 0.384 e. The number of hydrogen-bond donors (Lipinski definition) is 2. The number of carbonyl (C=O) groups excluding carboxylic acids is 1. The molecule has 0 unspecified atom stereocenters. The van der Waals surface area contributed by atoms with E-state index in [1.165, 1.54) is 18.3 Å². The third-order valence-corrected chi connectivity index (χ3v) is 2.70. The molecule has 0 aliphatic carbocycles. The van der Waals surface area contributed by atoms with Gasteiger partial charge >= 0.3 is 0 Å². The van der Waals surface area contributed by atoms with Crippen LogP contribution in [0.15, 0.2) is 24.4 Å². The lowest BCUT2D eigenvalue weighted by atomic mass is 10.1. The fourth-order valence-electron chi connectivity index (χ4n) is 1.32. The minimum absolute atomic E-state index is 0.0945. The normalized spacial score (nSPS) is 9.58. The number of aliphatic hydroxyl groups excluding tert-OH is 1. The summed E-state index contributed by atoms with van der Waals surface area (Å²) in [5.41, 5.74) is 0.297. The van der Waals surface area contributed by atoms with Crippen molar-refractivity contribution < 1.29 is 14.3 Å². The molecule has 5 nitrogen and oxygen atoms in total. The Bertz CT molecular complexity index is 647. The molecule has 7 heteroatoms. The number of aromatic nitrogens is 2. The number of halogens is 1. The van der Waals surface area contributed by atoms with Crippen molar-refractivity contribution in [2.24, 2.45) is 0 Å². The first kappa shape index (κ1) is 13.1. The zero-order valence-electron chi connectivity index (χ0n) is 9.55. The van der Waals surface area contributed by atoms with Crippen molar-refractivity contribution in [1.82, 2.24) is 9.59 Å². The molecule has 0 radical (unpaired) electrons. The number of carbonyl (C=O) groups is 1. The zero-order chi connectivity index (χ0) is 13.7. The highest BCUT2D eigenvalue weighted by Gasteiger charge is 2.12. The third kappa shape index (κ3) is 3.34. The fraction of sp³-hybridized carbons (Fsp3) is 0.0833. The number of anilines is 1. The monoisotopic (exact) mass is 277 g/mol. The summed E-state index contributed by atoms with van der Waals surface area (Å²) in [4.78, 5) is 11.8. The number of aliphatic hydroxyl groups is 1. The first-order chi connectivity index (χ1) is 9.20. The van der Waals surface area contributed by atoms with Crippen LogP contribution in [0.3, 0.4) is 0 Å². The zero-order valence-corrected chi connectivity index (χ0v) is 10.4. The standard InChI is InChI=1S/C12H8FN3O2S/c13-10-6-8(2-1-5-17)3-4-9(10)12(18)15-11-7-14-16-19-11/h3-4,6-7,17H,5H2,(H,15,18). The first-order valence-electron chi connectivity index (χ1n) is 5.18. The summed E-state index contributed by atoms with van der Waals surface area (Å²) in [6, 6.07) is 3.98. The van der Waals surface area contributed by atoms with Crippen LogP contribution in [0.25, 0.3) is 0 Å². The molecule has 0 spiro atoms. The number of benzene rings is 1. The summed E-state index contributed by atoms with van der Waals surface area (Å²) >= 11 is 1.00. The Morgan fingerprint density at radius 2 is 2.37 bits per heavy atom. The minimum Gasteiger partial charge on any atom is -0.384 e. The van der Waals surface area contributed by atoms with E-state index in [4.69, 9.17) is 5.11 Å². The summed E-state index contributed by atoms with van der Waals surface area (Å²) in [7, 11) is 0. The van der Waals surface area contributed by atoms with E-state index >= 15 is 0 Å². The maximum absolute atomic E-state index is 13.7. The van der Waals surface area contributed by atoms with Crippen molar-refractivity contribution in [3.8, 4) is 11.8 Å². The van der Waals surface area contributed by atoms with Crippen molar-refractivity contribution >= 4 is 22.4 Å². The van der Waals surface area contributed by atoms with Crippen LogP contribution in [-0.4, -0.2) is 27.2 Å². The van der Waals surface area contributed by atoms with E-state index in [-0.39, 0.29) is 12.2 Å². The molecule has 96 valence electrons. The molecule has 0 aliphatic heterocycles. The van der Waals surface area contributed by atoms with Gasteiger partial charge in [0.2, 0.25) is 0 Å². The lowest BCUT2D eigenvalue weighted by Crippen LogP contribution is -2.13. The summed E-state index contributed by atoms with van der Waals surface area (Å²) in [5, 5.41) is 15.0. The van der Waals surface area contributed by atoms with E-state index in [1.807, 2.05) is 0 Å². The van der Waals surface area contributed by atoms with Gasteiger partial charge in [0.05, 0.1) is 11.8 Å². The van der Waals surface area contributed by atoms with Crippen LogP contribution in [0.2, 0.25) is 0 Å². The Balaban J connectivity index is 2.18. The highest BCUT2D eigenvalue weighted by molar-refractivity contribution is 7.10. The van der Waals surface area contributed by atoms with Crippen LogP contribution in [0.5, 0.6) is 0 Å². The Morgan fingerprint density at radius 3 is 3.00 bits per heavy atom. The minimum atomic E-state index is -0.681.